The van der Waals surface area contributed by atoms with Crippen LogP contribution in [0.5, 0.6) is 0 Å². The van der Waals surface area contributed by atoms with Gasteiger partial charge >= 0.3 is 0 Å². The largest absolute Gasteiger partial charge is 0.479 e. The molecule has 0 saturated carbocycles. The minimum Gasteiger partial charge on any atom is -0.479 e. The summed E-state index contributed by atoms with van der Waals surface area (Å²) >= 11 is 0. The summed E-state index contributed by atoms with van der Waals surface area (Å²) in [7, 11) is 0. The summed E-state index contributed by atoms with van der Waals surface area (Å²) in [4.78, 5) is 5.23. The van der Waals surface area contributed by atoms with E-state index >= 15 is 0 Å². The minimum atomic E-state index is 0.607. The number of hydrogen-bond donors (Lipinski definition) is 1. The van der Waals surface area contributed by atoms with Gasteiger partial charge in [-0.1, -0.05) is 0 Å². The van der Waals surface area contributed by atoms with Crippen LogP contribution in [0.1, 0.15) is 0 Å². The van der Waals surface area contributed by atoms with Gasteiger partial charge in [-0.2, -0.15) is 0 Å². The predicted molar refractivity (Wildman–Crippen MR) is 55.9 cm³/mol. The van der Waals surface area contributed by atoms with Crippen molar-refractivity contribution in [3.8, 4) is 0 Å². The van der Waals surface area contributed by atoms with Crippen LogP contribution in [0.15, 0.2) is 42.9 Å². The van der Waals surface area contributed by atoms with Gasteiger partial charge < -0.3 is 14.6 Å². The van der Waals surface area contributed by atoms with Crippen molar-refractivity contribution < 1.29 is 4.74 Å². The highest BCUT2D eigenvalue weighted by molar-refractivity contribution is 5.83. The van der Waals surface area contributed by atoms with E-state index in [2.05, 4.69) is 34.1 Å². The summed E-state index contributed by atoms with van der Waals surface area (Å²) < 4.78 is 5.14. The average molecular weight is 186 g/mol. The van der Waals surface area contributed by atoms with Crippen molar-refractivity contribution in [3.05, 3.63) is 42.9 Å². The standard InChI is InChI=1S/C11H10N2O/c1-2-11-9(3-4-12-11)7-10(1)13-5-6-14-8-13/h1-7,12H,8H2. The highest BCUT2D eigenvalue weighted by atomic mass is 16.5. The van der Waals surface area contributed by atoms with E-state index in [0.29, 0.717) is 6.73 Å². The summed E-state index contributed by atoms with van der Waals surface area (Å²) in [6.07, 6.45) is 5.60. The quantitative estimate of drug-likeness (QED) is 0.740. The number of anilines is 1. The molecule has 0 amide bonds. The van der Waals surface area contributed by atoms with Crippen LogP contribution in [0.2, 0.25) is 0 Å². The van der Waals surface area contributed by atoms with Crippen molar-refractivity contribution in [2.75, 3.05) is 11.6 Å². The smallest absolute Gasteiger partial charge is 0.164 e. The van der Waals surface area contributed by atoms with E-state index in [0.717, 1.165) is 11.2 Å². The SMILES string of the molecule is C1=CN(c2ccc3[nH]ccc3c2)CO1. The number of fused-ring (bicyclic) bond motifs is 1. The van der Waals surface area contributed by atoms with Crippen molar-refractivity contribution in [2.24, 2.45) is 0 Å². The summed E-state index contributed by atoms with van der Waals surface area (Å²) in [5.41, 5.74) is 2.32. The van der Waals surface area contributed by atoms with Gasteiger partial charge in [0.25, 0.3) is 0 Å². The van der Waals surface area contributed by atoms with Crippen LogP contribution in [0.4, 0.5) is 5.69 Å². The van der Waals surface area contributed by atoms with Crippen molar-refractivity contribution in [3.63, 3.8) is 0 Å². The molecule has 0 fully saturated rings. The number of hydrogen-bond acceptors (Lipinski definition) is 2. The number of nitrogens with zero attached hydrogens (tertiary/aromatic N) is 1. The number of H-pyrrole nitrogens is 1. The van der Waals surface area contributed by atoms with Gasteiger partial charge in [0.2, 0.25) is 0 Å². The Morgan fingerprint density at radius 1 is 1.29 bits per heavy atom. The Bertz CT molecular complexity index is 487. The zero-order valence-electron chi connectivity index (χ0n) is 7.60. The predicted octanol–water partition coefficient (Wildman–Crippen LogP) is 2.43. The van der Waals surface area contributed by atoms with Gasteiger partial charge in [0, 0.05) is 29.0 Å². The van der Waals surface area contributed by atoms with Crippen LogP contribution >= 0.6 is 0 Å². The van der Waals surface area contributed by atoms with Crippen LogP contribution in [0.25, 0.3) is 10.9 Å². The molecule has 1 aliphatic heterocycles. The summed E-state index contributed by atoms with van der Waals surface area (Å²) in [6.45, 7) is 0.607. The van der Waals surface area contributed by atoms with Crippen LogP contribution in [-0.4, -0.2) is 11.7 Å². The molecule has 2 heterocycles. The Morgan fingerprint density at radius 3 is 3.14 bits per heavy atom. The van der Waals surface area contributed by atoms with Crippen molar-refractivity contribution in [1.82, 2.24) is 4.98 Å². The molecule has 1 N–H and O–H groups in total. The maximum Gasteiger partial charge on any atom is 0.164 e. The molecule has 0 spiro atoms. The monoisotopic (exact) mass is 186 g/mol. The third-order valence-corrected chi connectivity index (χ3v) is 2.42. The number of nitrogens with one attached hydrogen (secondary N) is 1. The van der Waals surface area contributed by atoms with Crippen molar-refractivity contribution in [1.29, 1.82) is 0 Å². The van der Waals surface area contributed by atoms with Crippen molar-refractivity contribution in [2.45, 2.75) is 0 Å². The first-order valence-electron chi connectivity index (χ1n) is 4.55. The molecule has 0 saturated heterocycles. The normalized spacial score (nSPS) is 15.0. The highest BCUT2D eigenvalue weighted by Crippen LogP contribution is 2.22. The molecule has 0 unspecified atom stereocenters. The number of aromatic amines is 1. The fourth-order valence-electron chi connectivity index (χ4n) is 1.66. The molecule has 1 aromatic carbocycles. The molecule has 1 aliphatic rings. The van der Waals surface area contributed by atoms with Crippen LogP contribution < -0.4 is 4.90 Å². The Hall–Kier alpha value is -1.90. The number of rotatable bonds is 1. The number of ether oxygens (including phenoxy) is 1. The molecular weight excluding hydrogens is 176 g/mol. The van der Waals surface area contributed by atoms with Gasteiger partial charge in [0.15, 0.2) is 6.73 Å². The fourth-order valence-corrected chi connectivity index (χ4v) is 1.66. The van der Waals surface area contributed by atoms with E-state index in [-0.39, 0.29) is 0 Å². The fraction of sp³-hybridized carbons (Fsp3) is 0.0909. The topological polar surface area (TPSA) is 28.3 Å². The first-order valence-corrected chi connectivity index (χ1v) is 4.55. The lowest BCUT2D eigenvalue weighted by molar-refractivity contribution is 0.282. The maximum absolute atomic E-state index is 5.14. The van der Waals surface area contributed by atoms with Gasteiger partial charge in [-0.05, 0) is 24.3 Å². The van der Waals surface area contributed by atoms with E-state index in [1.807, 2.05) is 12.4 Å². The zero-order valence-corrected chi connectivity index (χ0v) is 7.60. The third kappa shape index (κ3) is 1.06. The summed E-state index contributed by atoms with van der Waals surface area (Å²) in [5, 5.41) is 1.22. The lowest BCUT2D eigenvalue weighted by Gasteiger charge is -2.13. The maximum atomic E-state index is 5.14. The summed E-state index contributed by atoms with van der Waals surface area (Å²) in [5.74, 6) is 0. The van der Waals surface area contributed by atoms with Crippen LogP contribution in [0.3, 0.4) is 0 Å². The Kier molecular flexibility index (Phi) is 1.50. The van der Waals surface area contributed by atoms with Gasteiger partial charge in [-0.25, -0.2) is 0 Å². The van der Waals surface area contributed by atoms with E-state index in [4.69, 9.17) is 4.74 Å². The van der Waals surface area contributed by atoms with E-state index in [1.54, 1.807) is 6.26 Å². The molecular formula is C11H10N2O. The van der Waals surface area contributed by atoms with E-state index in [9.17, 15) is 0 Å². The lowest BCUT2D eigenvalue weighted by atomic mass is 10.2. The van der Waals surface area contributed by atoms with Crippen molar-refractivity contribution >= 4 is 16.6 Å². The molecule has 0 bridgehead atoms. The van der Waals surface area contributed by atoms with Crippen LogP contribution in [-0.2, 0) is 4.74 Å². The molecule has 0 aliphatic carbocycles. The Morgan fingerprint density at radius 2 is 2.29 bits per heavy atom. The molecule has 3 rings (SSSR count). The van der Waals surface area contributed by atoms with E-state index < -0.39 is 0 Å². The molecule has 1 aromatic heterocycles. The molecule has 3 nitrogen and oxygen atoms in total. The van der Waals surface area contributed by atoms with Crippen LogP contribution in [0, 0.1) is 0 Å². The second kappa shape index (κ2) is 2.80. The Labute approximate surface area is 81.6 Å². The molecule has 14 heavy (non-hydrogen) atoms. The van der Waals surface area contributed by atoms with Gasteiger partial charge in [0.05, 0.1) is 0 Å². The highest BCUT2D eigenvalue weighted by Gasteiger charge is 2.07. The second-order valence-electron chi connectivity index (χ2n) is 3.30. The van der Waals surface area contributed by atoms with E-state index in [1.165, 1.54) is 5.39 Å². The molecule has 0 atom stereocenters. The minimum absolute atomic E-state index is 0.607. The molecule has 70 valence electrons. The van der Waals surface area contributed by atoms with Gasteiger partial charge in [0.1, 0.15) is 6.26 Å². The van der Waals surface area contributed by atoms with Gasteiger partial charge in [-0.15, -0.1) is 0 Å². The number of aromatic nitrogens is 1. The zero-order chi connectivity index (χ0) is 9.38. The molecule has 0 radical (unpaired) electrons. The third-order valence-electron chi connectivity index (χ3n) is 2.42. The molecule has 3 heteroatoms. The average Bonchev–Trinajstić information content (AvgIpc) is 2.88. The Balaban J connectivity index is 2.08. The summed E-state index contributed by atoms with van der Waals surface area (Å²) in [6, 6.07) is 8.37. The lowest BCUT2D eigenvalue weighted by Crippen LogP contribution is -2.12. The first kappa shape index (κ1) is 7.50. The number of benzene rings is 1. The first-order chi connectivity index (χ1) is 6.93. The molecule has 2 aromatic rings. The van der Waals surface area contributed by atoms with Gasteiger partial charge in [-0.3, -0.25) is 0 Å². The second-order valence-corrected chi connectivity index (χ2v) is 3.30.